The quantitative estimate of drug-likeness (QED) is 0.809. The van der Waals surface area contributed by atoms with Gasteiger partial charge in [0.1, 0.15) is 6.04 Å². The second-order valence-electron chi connectivity index (χ2n) is 4.62. The van der Waals surface area contributed by atoms with Crippen LogP contribution in [0.15, 0.2) is 23.2 Å². The Morgan fingerprint density at radius 1 is 1.50 bits per heavy atom. The molecule has 1 saturated heterocycles. The van der Waals surface area contributed by atoms with Crippen molar-refractivity contribution in [3.05, 3.63) is 29.3 Å². The maximum Gasteiger partial charge on any atom is 0.274 e. The zero-order valence-electron chi connectivity index (χ0n) is 10.1. The molecule has 0 bridgehead atoms. The predicted molar refractivity (Wildman–Crippen MR) is 74.2 cm³/mol. The molecule has 1 fully saturated rings. The van der Waals surface area contributed by atoms with Crippen LogP contribution in [-0.4, -0.2) is 28.6 Å². The van der Waals surface area contributed by atoms with Gasteiger partial charge in [-0.2, -0.15) is 0 Å². The van der Waals surface area contributed by atoms with E-state index in [9.17, 15) is 13.6 Å². The average molecular weight is 322 g/mol. The third kappa shape index (κ3) is 2.13. The SMILES string of the molecule is Cl.NC1=Nc2ccc(C(=O)Cl)cc2[C@@H]2N1CCC2(F)F. The molecule has 0 saturated carbocycles. The topological polar surface area (TPSA) is 58.7 Å². The Labute approximate surface area is 125 Å². The molecule has 0 spiro atoms. The molecule has 20 heavy (non-hydrogen) atoms. The second kappa shape index (κ2) is 4.86. The molecule has 0 unspecified atom stereocenters. The molecule has 0 radical (unpaired) electrons. The summed E-state index contributed by atoms with van der Waals surface area (Å²) < 4.78 is 28.0. The molecule has 8 heteroatoms. The van der Waals surface area contributed by atoms with E-state index in [1.54, 1.807) is 0 Å². The van der Waals surface area contributed by atoms with E-state index in [1.807, 2.05) is 0 Å². The molecular formula is C12H11Cl2F2N3O. The number of alkyl halides is 2. The molecule has 0 aliphatic carbocycles. The van der Waals surface area contributed by atoms with Gasteiger partial charge in [0.05, 0.1) is 5.69 Å². The fraction of sp³-hybridized carbons (Fsp3) is 0.333. The zero-order chi connectivity index (χ0) is 13.8. The van der Waals surface area contributed by atoms with Gasteiger partial charge in [-0.05, 0) is 29.8 Å². The molecule has 1 atom stereocenters. The van der Waals surface area contributed by atoms with Gasteiger partial charge in [-0.15, -0.1) is 12.4 Å². The standard InChI is InChI=1S/C12H10ClF2N3O.ClH/c13-10(19)6-1-2-8-7(5-6)9-12(14,15)3-4-18(9)11(16)17-8;/h1-2,5,9H,3-4H2,(H2,16,17);1H/t9-;/m0./s1. The lowest BCUT2D eigenvalue weighted by Crippen LogP contribution is -2.42. The summed E-state index contributed by atoms with van der Waals surface area (Å²) in [6, 6.07) is 3.14. The lowest BCUT2D eigenvalue weighted by Gasteiger charge is -2.33. The lowest BCUT2D eigenvalue weighted by molar-refractivity contribution is -0.0249. The molecule has 0 amide bonds. The van der Waals surface area contributed by atoms with Gasteiger partial charge in [0.2, 0.25) is 0 Å². The summed E-state index contributed by atoms with van der Waals surface area (Å²) in [5.74, 6) is -2.82. The molecule has 2 N–H and O–H groups in total. The third-order valence-electron chi connectivity index (χ3n) is 3.48. The van der Waals surface area contributed by atoms with Crippen LogP contribution in [-0.2, 0) is 0 Å². The number of carbonyl (C=O) groups excluding carboxylic acids is 1. The van der Waals surface area contributed by atoms with Crippen molar-refractivity contribution < 1.29 is 13.6 Å². The minimum atomic E-state index is -2.90. The summed E-state index contributed by atoms with van der Waals surface area (Å²) in [4.78, 5) is 16.6. The number of carbonyl (C=O) groups is 1. The summed E-state index contributed by atoms with van der Waals surface area (Å²) >= 11 is 5.39. The molecule has 2 aliphatic rings. The Morgan fingerprint density at radius 2 is 2.20 bits per heavy atom. The van der Waals surface area contributed by atoms with Crippen LogP contribution in [0.25, 0.3) is 0 Å². The Hall–Kier alpha value is -1.40. The van der Waals surface area contributed by atoms with Crippen molar-refractivity contribution in [3.63, 3.8) is 0 Å². The first-order chi connectivity index (χ1) is 8.90. The van der Waals surface area contributed by atoms with Crippen molar-refractivity contribution in [2.75, 3.05) is 6.54 Å². The maximum atomic E-state index is 14.0. The summed E-state index contributed by atoms with van der Waals surface area (Å²) in [6.45, 7) is 0.144. The first kappa shape index (κ1) is 15.0. The van der Waals surface area contributed by atoms with Crippen molar-refractivity contribution in [3.8, 4) is 0 Å². The van der Waals surface area contributed by atoms with E-state index < -0.39 is 17.2 Å². The minimum absolute atomic E-state index is 0. The molecule has 3 rings (SSSR count). The largest absolute Gasteiger partial charge is 0.369 e. The highest BCUT2D eigenvalue weighted by molar-refractivity contribution is 6.67. The Kier molecular flexibility index (Phi) is 3.64. The molecule has 1 aromatic carbocycles. The monoisotopic (exact) mass is 321 g/mol. The van der Waals surface area contributed by atoms with Gasteiger partial charge in [-0.1, -0.05) is 0 Å². The first-order valence-electron chi connectivity index (χ1n) is 5.72. The number of nitrogens with two attached hydrogens (primary N) is 1. The van der Waals surface area contributed by atoms with Gasteiger partial charge in [0.15, 0.2) is 5.96 Å². The van der Waals surface area contributed by atoms with Crippen LogP contribution >= 0.6 is 24.0 Å². The average Bonchev–Trinajstić information content (AvgIpc) is 2.66. The number of rotatable bonds is 1. The highest BCUT2D eigenvalue weighted by atomic mass is 35.5. The van der Waals surface area contributed by atoms with Crippen molar-refractivity contribution in [2.24, 2.45) is 10.7 Å². The van der Waals surface area contributed by atoms with Gasteiger partial charge >= 0.3 is 0 Å². The number of hydrogen-bond acceptors (Lipinski definition) is 4. The van der Waals surface area contributed by atoms with Gasteiger partial charge in [-0.25, -0.2) is 13.8 Å². The number of benzene rings is 1. The maximum absolute atomic E-state index is 14.0. The van der Waals surface area contributed by atoms with Crippen molar-refractivity contribution >= 4 is 40.9 Å². The zero-order valence-corrected chi connectivity index (χ0v) is 11.7. The molecule has 0 aromatic heterocycles. The first-order valence-corrected chi connectivity index (χ1v) is 6.10. The normalized spacial score (nSPS) is 22.4. The van der Waals surface area contributed by atoms with E-state index in [2.05, 4.69) is 4.99 Å². The van der Waals surface area contributed by atoms with Crippen LogP contribution in [0, 0.1) is 0 Å². The van der Waals surface area contributed by atoms with E-state index in [1.165, 1.54) is 23.1 Å². The predicted octanol–water partition coefficient (Wildman–Crippen LogP) is 2.83. The Bertz CT molecular complexity index is 606. The van der Waals surface area contributed by atoms with Crippen LogP contribution in [0.1, 0.15) is 28.4 Å². The Balaban J connectivity index is 0.00000147. The smallest absolute Gasteiger partial charge is 0.274 e. The van der Waals surface area contributed by atoms with E-state index >= 15 is 0 Å². The molecular weight excluding hydrogens is 311 g/mol. The molecule has 2 aliphatic heterocycles. The Morgan fingerprint density at radius 3 is 2.85 bits per heavy atom. The van der Waals surface area contributed by atoms with Crippen LogP contribution in [0.5, 0.6) is 0 Å². The number of aliphatic imine (C=N–C) groups is 1. The van der Waals surface area contributed by atoms with Crippen LogP contribution < -0.4 is 5.73 Å². The highest BCUT2D eigenvalue weighted by Crippen LogP contribution is 2.49. The summed E-state index contributed by atoms with van der Waals surface area (Å²) in [6.07, 6.45) is -0.285. The van der Waals surface area contributed by atoms with Gasteiger partial charge in [0, 0.05) is 24.1 Å². The van der Waals surface area contributed by atoms with Crippen molar-refractivity contribution in [1.29, 1.82) is 0 Å². The fourth-order valence-electron chi connectivity index (χ4n) is 2.59. The van der Waals surface area contributed by atoms with Crippen molar-refractivity contribution in [2.45, 2.75) is 18.4 Å². The fourth-order valence-corrected chi connectivity index (χ4v) is 2.71. The summed E-state index contributed by atoms with van der Waals surface area (Å²) in [7, 11) is 0. The lowest BCUT2D eigenvalue weighted by atomic mass is 9.96. The number of fused-ring (bicyclic) bond motifs is 3. The molecule has 1 aromatic rings. The molecule has 4 nitrogen and oxygen atoms in total. The number of halogens is 4. The van der Waals surface area contributed by atoms with Gasteiger partial charge in [-0.3, -0.25) is 4.79 Å². The van der Waals surface area contributed by atoms with Crippen molar-refractivity contribution in [1.82, 2.24) is 4.90 Å². The van der Waals surface area contributed by atoms with E-state index in [0.717, 1.165) is 0 Å². The molecule has 108 valence electrons. The van der Waals surface area contributed by atoms with Crippen LogP contribution in [0.4, 0.5) is 14.5 Å². The highest BCUT2D eigenvalue weighted by Gasteiger charge is 2.52. The number of guanidine groups is 1. The van der Waals surface area contributed by atoms with Gasteiger partial charge < -0.3 is 10.6 Å². The summed E-state index contributed by atoms with van der Waals surface area (Å²) in [5, 5.41) is -0.682. The van der Waals surface area contributed by atoms with Crippen LogP contribution in [0.2, 0.25) is 0 Å². The van der Waals surface area contributed by atoms with E-state index in [-0.39, 0.29) is 36.9 Å². The van der Waals surface area contributed by atoms with E-state index in [4.69, 9.17) is 17.3 Å². The minimum Gasteiger partial charge on any atom is -0.369 e. The summed E-state index contributed by atoms with van der Waals surface area (Å²) in [5.41, 5.74) is 6.54. The third-order valence-corrected chi connectivity index (χ3v) is 3.69. The van der Waals surface area contributed by atoms with Crippen LogP contribution in [0.3, 0.4) is 0 Å². The molecule has 2 heterocycles. The van der Waals surface area contributed by atoms with Gasteiger partial charge in [0.25, 0.3) is 11.2 Å². The van der Waals surface area contributed by atoms with E-state index in [0.29, 0.717) is 11.3 Å². The second-order valence-corrected chi connectivity index (χ2v) is 4.97. The number of nitrogens with zero attached hydrogens (tertiary/aromatic N) is 2. The number of hydrogen-bond donors (Lipinski definition) is 1.